The number of rotatable bonds is 7. The predicted octanol–water partition coefficient (Wildman–Crippen LogP) is 0.812. The summed E-state index contributed by atoms with van der Waals surface area (Å²) in [5.74, 6) is 0.266. The standard InChI is InChI=1S/C13H27N3O2/c1-13(2,12(14)15)5-3-4-6-16-7-8-18-10-11(16)9-17/h11,17H,3-10H2,1-2H3,(H3,14,15). The molecule has 1 heterocycles. The first-order valence-electron chi connectivity index (χ1n) is 6.74. The Morgan fingerprint density at radius 2 is 2.22 bits per heavy atom. The molecular weight excluding hydrogens is 230 g/mol. The summed E-state index contributed by atoms with van der Waals surface area (Å²) in [4.78, 5) is 2.30. The van der Waals surface area contributed by atoms with Gasteiger partial charge in [-0.15, -0.1) is 0 Å². The number of aliphatic hydroxyl groups excluding tert-OH is 1. The van der Waals surface area contributed by atoms with E-state index in [1.807, 2.05) is 13.8 Å². The highest BCUT2D eigenvalue weighted by molar-refractivity contribution is 5.82. The lowest BCUT2D eigenvalue weighted by atomic mass is 9.86. The minimum absolute atomic E-state index is 0.152. The molecule has 0 aromatic carbocycles. The molecule has 0 spiro atoms. The summed E-state index contributed by atoms with van der Waals surface area (Å²) in [5.41, 5.74) is 5.37. The van der Waals surface area contributed by atoms with Crippen molar-refractivity contribution in [1.29, 1.82) is 5.41 Å². The fraction of sp³-hybridized carbons (Fsp3) is 0.923. The van der Waals surface area contributed by atoms with Gasteiger partial charge in [-0.1, -0.05) is 20.3 Å². The van der Waals surface area contributed by atoms with Crippen molar-refractivity contribution in [2.75, 3.05) is 32.9 Å². The molecule has 18 heavy (non-hydrogen) atoms. The van der Waals surface area contributed by atoms with Crippen molar-refractivity contribution < 1.29 is 9.84 Å². The second-order valence-electron chi connectivity index (χ2n) is 5.70. The Kier molecular flexibility index (Phi) is 6.05. The number of hydrogen-bond acceptors (Lipinski definition) is 4. The summed E-state index contributed by atoms with van der Waals surface area (Å²) in [6.07, 6.45) is 3.08. The van der Waals surface area contributed by atoms with Crippen LogP contribution >= 0.6 is 0 Å². The first-order valence-corrected chi connectivity index (χ1v) is 6.74. The van der Waals surface area contributed by atoms with Crippen LogP contribution in [0.5, 0.6) is 0 Å². The molecule has 1 atom stereocenters. The van der Waals surface area contributed by atoms with Gasteiger partial charge >= 0.3 is 0 Å². The van der Waals surface area contributed by atoms with Gasteiger partial charge in [-0.2, -0.15) is 0 Å². The van der Waals surface area contributed by atoms with Crippen molar-refractivity contribution in [2.24, 2.45) is 11.1 Å². The number of morpholine rings is 1. The largest absolute Gasteiger partial charge is 0.395 e. The Labute approximate surface area is 110 Å². The summed E-state index contributed by atoms with van der Waals surface area (Å²) in [6, 6.07) is 0.152. The van der Waals surface area contributed by atoms with Gasteiger partial charge in [0.05, 0.1) is 31.7 Å². The normalized spacial score (nSPS) is 22.1. The Morgan fingerprint density at radius 3 is 2.83 bits per heavy atom. The van der Waals surface area contributed by atoms with Gasteiger partial charge in [0, 0.05) is 12.0 Å². The van der Waals surface area contributed by atoms with Crippen molar-refractivity contribution in [1.82, 2.24) is 4.90 Å². The van der Waals surface area contributed by atoms with Crippen LogP contribution in [0.3, 0.4) is 0 Å². The maximum atomic E-state index is 9.25. The van der Waals surface area contributed by atoms with Crippen LogP contribution in [-0.4, -0.2) is 54.8 Å². The monoisotopic (exact) mass is 257 g/mol. The molecule has 0 radical (unpaired) electrons. The molecule has 1 aliphatic heterocycles. The SMILES string of the molecule is CC(C)(CCCCN1CCOCC1CO)C(=N)N. The molecular formula is C13H27N3O2. The first kappa shape index (κ1) is 15.4. The molecule has 1 unspecified atom stereocenters. The summed E-state index contributed by atoms with van der Waals surface area (Å²) in [7, 11) is 0. The molecule has 5 heteroatoms. The van der Waals surface area contributed by atoms with Gasteiger partial charge in [0.1, 0.15) is 0 Å². The van der Waals surface area contributed by atoms with E-state index in [4.69, 9.17) is 15.9 Å². The van der Waals surface area contributed by atoms with E-state index in [1.54, 1.807) is 0 Å². The van der Waals surface area contributed by atoms with E-state index in [0.29, 0.717) is 6.61 Å². The zero-order valence-electron chi connectivity index (χ0n) is 11.6. The fourth-order valence-electron chi connectivity index (χ4n) is 2.17. The Bertz CT molecular complexity index is 269. The fourth-order valence-corrected chi connectivity index (χ4v) is 2.17. The molecule has 1 saturated heterocycles. The summed E-state index contributed by atoms with van der Waals surface area (Å²) in [5, 5.41) is 16.8. The zero-order chi connectivity index (χ0) is 13.6. The summed E-state index contributed by atoms with van der Waals surface area (Å²) >= 11 is 0. The Morgan fingerprint density at radius 1 is 1.50 bits per heavy atom. The van der Waals surface area contributed by atoms with Crippen LogP contribution in [0, 0.1) is 10.8 Å². The molecule has 1 rings (SSSR count). The lowest BCUT2D eigenvalue weighted by Gasteiger charge is -2.34. The van der Waals surface area contributed by atoms with Gasteiger partial charge in [0.2, 0.25) is 0 Å². The first-order chi connectivity index (χ1) is 8.47. The van der Waals surface area contributed by atoms with Gasteiger partial charge in [0.15, 0.2) is 0 Å². The van der Waals surface area contributed by atoms with Crippen molar-refractivity contribution >= 4 is 5.84 Å². The van der Waals surface area contributed by atoms with E-state index in [9.17, 15) is 5.11 Å². The number of aliphatic hydroxyl groups is 1. The second kappa shape index (κ2) is 7.07. The molecule has 0 amide bonds. The van der Waals surface area contributed by atoms with Crippen LogP contribution in [0.2, 0.25) is 0 Å². The third-order valence-electron chi connectivity index (χ3n) is 3.79. The topological polar surface area (TPSA) is 82.6 Å². The van der Waals surface area contributed by atoms with E-state index < -0.39 is 0 Å². The van der Waals surface area contributed by atoms with Crippen LogP contribution in [0.1, 0.15) is 33.1 Å². The quantitative estimate of drug-likeness (QED) is 0.358. The van der Waals surface area contributed by atoms with Crippen molar-refractivity contribution in [3.63, 3.8) is 0 Å². The highest BCUT2D eigenvalue weighted by atomic mass is 16.5. The molecule has 0 aromatic rings. The molecule has 0 aromatic heterocycles. The van der Waals surface area contributed by atoms with Gasteiger partial charge in [-0.05, 0) is 19.4 Å². The average Bonchev–Trinajstić information content (AvgIpc) is 2.35. The Hall–Kier alpha value is -0.650. The highest BCUT2D eigenvalue weighted by Crippen LogP contribution is 2.23. The molecule has 1 aliphatic rings. The van der Waals surface area contributed by atoms with Gasteiger partial charge in [-0.3, -0.25) is 10.3 Å². The smallest absolute Gasteiger partial charge is 0.0963 e. The second-order valence-corrected chi connectivity index (χ2v) is 5.70. The number of ether oxygens (including phenoxy) is 1. The molecule has 106 valence electrons. The summed E-state index contributed by atoms with van der Waals surface area (Å²) in [6.45, 7) is 7.48. The molecule has 4 N–H and O–H groups in total. The van der Waals surface area contributed by atoms with Crippen LogP contribution in [-0.2, 0) is 4.74 Å². The molecule has 0 bridgehead atoms. The number of nitrogens with zero attached hydrogens (tertiary/aromatic N) is 1. The van der Waals surface area contributed by atoms with Gasteiger partial charge in [-0.25, -0.2) is 0 Å². The van der Waals surface area contributed by atoms with Crippen molar-refractivity contribution in [3.05, 3.63) is 0 Å². The van der Waals surface area contributed by atoms with Crippen LogP contribution in [0.4, 0.5) is 0 Å². The molecule has 1 fully saturated rings. The van der Waals surface area contributed by atoms with Crippen LogP contribution in [0.15, 0.2) is 0 Å². The average molecular weight is 257 g/mol. The third-order valence-corrected chi connectivity index (χ3v) is 3.79. The molecule has 0 saturated carbocycles. The number of nitrogens with one attached hydrogen (secondary N) is 1. The van der Waals surface area contributed by atoms with Crippen LogP contribution < -0.4 is 5.73 Å². The maximum absolute atomic E-state index is 9.25. The number of nitrogens with two attached hydrogens (primary N) is 1. The third kappa shape index (κ3) is 4.55. The molecule has 0 aliphatic carbocycles. The Balaban J connectivity index is 2.22. The summed E-state index contributed by atoms with van der Waals surface area (Å²) < 4.78 is 5.35. The predicted molar refractivity (Wildman–Crippen MR) is 72.8 cm³/mol. The van der Waals surface area contributed by atoms with Gasteiger partial charge < -0.3 is 15.6 Å². The minimum Gasteiger partial charge on any atom is -0.395 e. The van der Waals surface area contributed by atoms with Crippen LogP contribution in [0.25, 0.3) is 0 Å². The number of hydrogen-bond donors (Lipinski definition) is 3. The van der Waals surface area contributed by atoms with Crippen molar-refractivity contribution in [3.8, 4) is 0 Å². The van der Waals surface area contributed by atoms with Gasteiger partial charge in [0.25, 0.3) is 0 Å². The van der Waals surface area contributed by atoms with E-state index in [0.717, 1.165) is 39.0 Å². The van der Waals surface area contributed by atoms with Crippen molar-refractivity contribution in [2.45, 2.75) is 39.2 Å². The van der Waals surface area contributed by atoms with E-state index in [2.05, 4.69) is 4.90 Å². The number of unbranched alkanes of at least 4 members (excludes halogenated alkanes) is 1. The lowest BCUT2D eigenvalue weighted by molar-refractivity contribution is -0.0279. The van der Waals surface area contributed by atoms with E-state index in [-0.39, 0.29) is 23.9 Å². The van der Waals surface area contributed by atoms with E-state index in [1.165, 1.54) is 0 Å². The number of amidine groups is 1. The zero-order valence-corrected chi connectivity index (χ0v) is 11.6. The minimum atomic E-state index is -0.193. The molecule has 5 nitrogen and oxygen atoms in total. The lowest BCUT2D eigenvalue weighted by Crippen LogP contribution is -2.47. The van der Waals surface area contributed by atoms with E-state index >= 15 is 0 Å². The maximum Gasteiger partial charge on any atom is 0.0963 e. The highest BCUT2D eigenvalue weighted by Gasteiger charge is 2.23.